The first-order valence-corrected chi connectivity index (χ1v) is 8.96. The van der Waals surface area contributed by atoms with Crippen LogP contribution < -0.4 is 0 Å². The number of aromatic amines is 1. The average Bonchev–Trinajstić information content (AvgIpc) is 3.05. The number of likely N-dealkylation sites (tertiary alicyclic amines) is 1. The summed E-state index contributed by atoms with van der Waals surface area (Å²) in [6, 6.07) is 0. The predicted molar refractivity (Wildman–Crippen MR) is 92.0 cm³/mol. The predicted octanol–water partition coefficient (Wildman–Crippen LogP) is -0.0690. The normalized spacial score (nSPS) is 25.7. The van der Waals surface area contributed by atoms with Crippen molar-refractivity contribution in [2.24, 2.45) is 0 Å². The molecule has 2 saturated heterocycles. The number of piperazine rings is 1. The van der Waals surface area contributed by atoms with Crippen molar-refractivity contribution >= 4 is 11.8 Å². The number of aromatic nitrogens is 2. The van der Waals surface area contributed by atoms with E-state index >= 15 is 0 Å². The van der Waals surface area contributed by atoms with Crippen molar-refractivity contribution < 1.29 is 14.7 Å². The molecule has 1 aromatic heterocycles. The summed E-state index contributed by atoms with van der Waals surface area (Å²) < 4.78 is 0. The first-order chi connectivity index (χ1) is 12.0. The standard InChI is InChI=1S/C17H27N5O3/c1-14(23)21-11-9-20(10-12-21)13-17(25)3-2-7-22(8-4-17)16(24)15-18-5-6-19-15/h5-6,25H,2-4,7-13H2,1H3,(H,18,19). The molecule has 0 bridgehead atoms. The third kappa shape index (κ3) is 4.38. The van der Waals surface area contributed by atoms with Crippen LogP contribution in [0.5, 0.6) is 0 Å². The number of carbonyl (C=O) groups is 2. The van der Waals surface area contributed by atoms with Gasteiger partial charge in [-0.2, -0.15) is 0 Å². The maximum absolute atomic E-state index is 12.4. The highest BCUT2D eigenvalue weighted by atomic mass is 16.3. The van der Waals surface area contributed by atoms with Gasteiger partial charge in [0.15, 0.2) is 5.82 Å². The van der Waals surface area contributed by atoms with Gasteiger partial charge in [0.2, 0.25) is 5.91 Å². The first kappa shape index (κ1) is 17.9. The van der Waals surface area contributed by atoms with Crippen molar-refractivity contribution in [3.8, 4) is 0 Å². The number of rotatable bonds is 3. The lowest BCUT2D eigenvalue weighted by Gasteiger charge is -2.39. The summed E-state index contributed by atoms with van der Waals surface area (Å²) in [5.74, 6) is 0.357. The Morgan fingerprint density at radius 1 is 1.16 bits per heavy atom. The Labute approximate surface area is 147 Å². The van der Waals surface area contributed by atoms with Gasteiger partial charge in [-0.05, 0) is 19.3 Å². The molecule has 8 nitrogen and oxygen atoms in total. The lowest BCUT2D eigenvalue weighted by molar-refractivity contribution is -0.131. The smallest absolute Gasteiger partial charge is 0.289 e. The van der Waals surface area contributed by atoms with Gasteiger partial charge in [-0.15, -0.1) is 0 Å². The van der Waals surface area contributed by atoms with Gasteiger partial charge >= 0.3 is 0 Å². The lowest BCUT2D eigenvalue weighted by Crippen LogP contribution is -2.53. The topological polar surface area (TPSA) is 92.8 Å². The molecule has 0 aliphatic carbocycles. The quantitative estimate of drug-likeness (QED) is 0.797. The van der Waals surface area contributed by atoms with E-state index in [0.29, 0.717) is 51.4 Å². The van der Waals surface area contributed by atoms with Crippen LogP contribution in [0, 0.1) is 0 Å². The fraction of sp³-hybridized carbons (Fsp3) is 0.706. The van der Waals surface area contributed by atoms with Crippen molar-refractivity contribution in [3.63, 3.8) is 0 Å². The van der Waals surface area contributed by atoms with Crippen LogP contribution in [0.15, 0.2) is 12.4 Å². The van der Waals surface area contributed by atoms with Gasteiger partial charge in [0.25, 0.3) is 5.91 Å². The van der Waals surface area contributed by atoms with E-state index in [0.717, 1.165) is 19.5 Å². The van der Waals surface area contributed by atoms with E-state index in [2.05, 4.69) is 14.9 Å². The van der Waals surface area contributed by atoms with Crippen molar-refractivity contribution in [2.45, 2.75) is 31.8 Å². The molecule has 8 heteroatoms. The number of carbonyl (C=O) groups excluding carboxylic acids is 2. The second kappa shape index (κ2) is 7.53. The Kier molecular flexibility index (Phi) is 5.39. The minimum absolute atomic E-state index is 0.107. The number of nitrogens with zero attached hydrogens (tertiary/aromatic N) is 4. The average molecular weight is 349 g/mol. The number of aliphatic hydroxyl groups is 1. The fourth-order valence-corrected chi connectivity index (χ4v) is 3.71. The van der Waals surface area contributed by atoms with Gasteiger partial charge in [0, 0.05) is 65.1 Å². The van der Waals surface area contributed by atoms with E-state index in [-0.39, 0.29) is 11.8 Å². The van der Waals surface area contributed by atoms with Crippen LogP contribution >= 0.6 is 0 Å². The molecule has 0 spiro atoms. The lowest BCUT2D eigenvalue weighted by atomic mass is 9.94. The molecule has 2 N–H and O–H groups in total. The number of β-amino-alcohol motifs (C(OH)–C–C–N with tert-alkyl or cyclic N) is 1. The molecular formula is C17H27N5O3. The summed E-state index contributed by atoms with van der Waals surface area (Å²) >= 11 is 0. The van der Waals surface area contributed by atoms with Crippen LogP contribution in [0.2, 0.25) is 0 Å². The molecule has 25 heavy (non-hydrogen) atoms. The first-order valence-electron chi connectivity index (χ1n) is 8.96. The van der Waals surface area contributed by atoms with E-state index in [1.165, 1.54) is 0 Å². The highest BCUT2D eigenvalue weighted by Gasteiger charge is 2.34. The maximum atomic E-state index is 12.4. The third-order valence-corrected chi connectivity index (χ3v) is 5.24. The van der Waals surface area contributed by atoms with Crippen LogP contribution in [-0.2, 0) is 4.79 Å². The Balaban J connectivity index is 1.53. The number of H-pyrrole nitrogens is 1. The number of imidazole rings is 1. The Hall–Kier alpha value is -1.93. The van der Waals surface area contributed by atoms with Crippen LogP contribution in [0.1, 0.15) is 36.8 Å². The minimum Gasteiger partial charge on any atom is -0.388 e. The molecular weight excluding hydrogens is 322 g/mol. The maximum Gasteiger partial charge on any atom is 0.289 e. The highest BCUT2D eigenvalue weighted by molar-refractivity contribution is 5.90. The van der Waals surface area contributed by atoms with Crippen LogP contribution in [0.4, 0.5) is 0 Å². The van der Waals surface area contributed by atoms with E-state index in [9.17, 15) is 14.7 Å². The van der Waals surface area contributed by atoms with Crippen molar-refractivity contribution in [1.29, 1.82) is 0 Å². The highest BCUT2D eigenvalue weighted by Crippen LogP contribution is 2.24. The van der Waals surface area contributed by atoms with Gasteiger partial charge in [-0.3, -0.25) is 14.5 Å². The molecule has 1 aromatic rings. The van der Waals surface area contributed by atoms with Crippen molar-refractivity contribution in [3.05, 3.63) is 18.2 Å². The molecule has 0 aromatic carbocycles. The molecule has 1 unspecified atom stereocenters. The van der Waals surface area contributed by atoms with Crippen LogP contribution in [0.25, 0.3) is 0 Å². The van der Waals surface area contributed by atoms with Gasteiger partial charge in [0.1, 0.15) is 0 Å². The third-order valence-electron chi connectivity index (χ3n) is 5.24. The largest absolute Gasteiger partial charge is 0.388 e. The summed E-state index contributed by atoms with van der Waals surface area (Å²) in [5, 5.41) is 11.0. The molecule has 1 atom stereocenters. The van der Waals surface area contributed by atoms with Crippen LogP contribution in [-0.4, -0.2) is 93.0 Å². The van der Waals surface area contributed by atoms with Crippen molar-refractivity contribution in [2.75, 3.05) is 45.8 Å². The molecule has 2 aliphatic rings. The zero-order valence-corrected chi connectivity index (χ0v) is 14.8. The zero-order valence-electron chi connectivity index (χ0n) is 14.8. The van der Waals surface area contributed by atoms with Gasteiger partial charge in [-0.1, -0.05) is 0 Å². The van der Waals surface area contributed by atoms with Gasteiger partial charge < -0.3 is 19.9 Å². The van der Waals surface area contributed by atoms with Gasteiger partial charge in [-0.25, -0.2) is 4.98 Å². The Morgan fingerprint density at radius 2 is 1.92 bits per heavy atom. The minimum atomic E-state index is -0.781. The summed E-state index contributed by atoms with van der Waals surface area (Å²) in [4.78, 5) is 36.5. The molecule has 0 saturated carbocycles. The summed E-state index contributed by atoms with van der Waals surface area (Å²) in [5.41, 5.74) is -0.781. The van der Waals surface area contributed by atoms with E-state index in [1.54, 1.807) is 24.2 Å². The second-order valence-electron chi connectivity index (χ2n) is 7.09. The summed E-state index contributed by atoms with van der Waals surface area (Å²) in [7, 11) is 0. The number of hydrogen-bond donors (Lipinski definition) is 2. The summed E-state index contributed by atoms with van der Waals surface area (Å²) in [6.45, 7) is 6.38. The Bertz CT molecular complexity index is 597. The van der Waals surface area contributed by atoms with E-state index in [4.69, 9.17) is 0 Å². The fourth-order valence-electron chi connectivity index (χ4n) is 3.71. The summed E-state index contributed by atoms with van der Waals surface area (Å²) in [6.07, 6.45) is 5.23. The molecule has 3 heterocycles. The molecule has 3 rings (SSSR count). The van der Waals surface area contributed by atoms with E-state index in [1.807, 2.05) is 4.90 Å². The number of nitrogens with one attached hydrogen (secondary N) is 1. The molecule has 138 valence electrons. The second-order valence-corrected chi connectivity index (χ2v) is 7.09. The van der Waals surface area contributed by atoms with Gasteiger partial charge in [0.05, 0.1) is 5.60 Å². The molecule has 2 aliphatic heterocycles. The number of hydrogen-bond acceptors (Lipinski definition) is 5. The molecule has 2 fully saturated rings. The Morgan fingerprint density at radius 3 is 2.56 bits per heavy atom. The van der Waals surface area contributed by atoms with Crippen LogP contribution in [0.3, 0.4) is 0 Å². The monoisotopic (exact) mass is 349 g/mol. The SMILES string of the molecule is CC(=O)N1CCN(CC2(O)CCCN(C(=O)c3ncc[nH]3)CC2)CC1. The zero-order chi connectivity index (χ0) is 17.9. The van der Waals surface area contributed by atoms with Crippen molar-refractivity contribution in [1.82, 2.24) is 24.7 Å². The van der Waals surface area contributed by atoms with E-state index < -0.39 is 5.60 Å². The molecule has 0 radical (unpaired) electrons. The molecule has 2 amide bonds. The number of amides is 2.